The Kier molecular flexibility index (Phi) is 4.79. The quantitative estimate of drug-likeness (QED) is 0.787. The molecule has 3 atom stereocenters. The van der Waals surface area contributed by atoms with Crippen molar-refractivity contribution in [2.75, 3.05) is 18.7 Å². The molecule has 2 fully saturated rings. The summed E-state index contributed by atoms with van der Waals surface area (Å²) in [6, 6.07) is 7.00. The number of benzene rings is 1. The van der Waals surface area contributed by atoms with E-state index < -0.39 is 0 Å². The molecule has 0 radical (unpaired) electrons. The van der Waals surface area contributed by atoms with Crippen molar-refractivity contribution in [2.24, 2.45) is 17.8 Å². The van der Waals surface area contributed by atoms with Gasteiger partial charge in [-0.2, -0.15) is 0 Å². The summed E-state index contributed by atoms with van der Waals surface area (Å²) in [5.74, 6) is 0.218. The summed E-state index contributed by atoms with van der Waals surface area (Å²) in [4.78, 5) is 40.3. The Morgan fingerprint density at radius 2 is 1.80 bits per heavy atom. The Bertz CT molecular complexity index is 685. The van der Waals surface area contributed by atoms with Gasteiger partial charge >= 0.3 is 0 Å². The molecule has 0 spiro atoms. The number of ether oxygens (including phenoxy) is 1. The van der Waals surface area contributed by atoms with Crippen LogP contribution in [0.4, 0.5) is 5.69 Å². The highest BCUT2D eigenvalue weighted by atomic mass is 16.5. The minimum atomic E-state index is -0.221. The second kappa shape index (κ2) is 6.86. The maximum atomic E-state index is 12.7. The van der Waals surface area contributed by atoms with Gasteiger partial charge in [0.05, 0.1) is 18.9 Å². The lowest BCUT2D eigenvalue weighted by Gasteiger charge is -2.26. The van der Waals surface area contributed by atoms with Crippen molar-refractivity contribution in [1.82, 2.24) is 4.90 Å². The first-order valence-electron chi connectivity index (χ1n) is 8.69. The lowest BCUT2D eigenvalue weighted by Crippen LogP contribution is -2.44. The Hall–Kier alpha value is -2.37. The van der Waals surface area contributed by atoms with Crippen molar-refractivity contribution in [3.8, 4) is 5.75 Å². The number of imide groups is 1. The van der Waals surface area contributed by atoms with Gasteiger partial charge in [0.1, 0.15) is 12.4 Å². The van der Waals surface area contributed by atoms with Gasteiger partial charge in [-0.3, -0.25) is 24.2 Å². The first-order valence-corrected chi connectivity index (χ1v) is 8.69. The van der Waals surface area contributed by atoms with Crippen molar-refractivity contribution in [1.29, 1.82) is 0 Å². The SMILES string of the molecule is COc1ccc(N(CN2C(=O)[C@@H]3CC[C@@H](C)C[C@H]3C2=O)C(C)=O)cc1. The zero-order valence-corrected chi connectivity index (χ0v) is 14.9. The van der Waals surface area contributed by atoms with E-state index in [9.17, 15) is 14.4 Å². The van der Waals surface area contributed by atoms with E-state index in [2.05, 4.69) is 6.92 Å². The molecule has 0 bridgehead atoms. The molecule has 3 rings (SSSR count). The van der Waals surface area contributed by atoms with Gasteiger partial charge in [-0.05, 0) is 49.4 Å². The Morgan fingerprint density at radius 3 is 2.40 bits per heavy atom. The normalized spacial score (nSPS) is 25.7. The van der Waals surface area contributed by atoms with E-state index in [0.29, 0.717) is 17.4 Å². The molecule has 1 aromatic carbocycles. The van der Waals surface area contributed by atoms with Crippen molar-refractivity contribution in [3.05, 3.63) is 24.3 Å². The number of nitrogens with zero attached hydrogens (tertiary/aromatic N) is 2. The zero-order valence-electron chi connectivity index (χ0n) is 14.9. The lowest BCUT2D eigenvalue weighted by atomic mass is 9.76. The Morgan fingerprint density at radius 1 is 1.16 bits per heavy atom. The topological polar surface area (TPSA) is 66.9 Å². The third-order valence-electron chi connectivity index (χ3n) is 5.33. The molecule has 1 heterocycles. The fourth-order valence-corrected chi connectivity index (χ4v) is 3.86. The highest BCUT2D eigenvalue weighted by molar-refractivity contribution is 6.06. The zero-order chi connectivity index (χ0) is 18.1. The molecule has 6 nitrogen and oxygen atoms in total. The molecule has 25 heavy (non-hydrogen) atoms. The summed E-state index contributed by atoms with van der Waals surface area (Å²) >= 11 is 0. The van der Waals surface area contributed by atoms with Crippen molar-refractivity contribution in [2.45, 2.75) is 33.1 Å². The standard InChI is InChI=1S/C19H24N2O4/c1-12-4-9-16-17(10-12)19(24)21(18(16)23)11-20(13(2)22)14-5-7-15(25-3)8-6-14/h5-8,12,16-17H,4,9-11H2,1-3H3/t12-,16-,17-/m1/s1. The number of carbonyl (C=O) groups excluding carboxylic acids is 3. The van der Waals surface area contributed by atoms with E-state index in [4.69, 9.17) is 4.74 Å². The van der Waals surface area contributed by atoms with Gasteiger partial charge in [0.2, 0.25) is 17.7 Å². The number of anilines is 1. The summed E-state index contributed by atoms with van der Waals surface area (Å²) in [6.07, 6.45) is 2.49. The number of amides is 3. The highest BCUT2D eigenvalue weighted by Crippen LogP contribution is 2.40. The smallest absolute Gasteiger partial charge is 0.234 e. The summed E-state index contributed by atoms with van der Waals surface area (Å²) < 4.78 is 5.13. The van der Waals surface area contributed by atoms with Crippen molar-refractivity contribution in [3.63, 3.8) is 0 Å². The number of hydrogen-bond acceptors (Lipinski definition) is 4. The van der Waals surface area contributed by atoms with E-state index in [1.165, 1.54) is 16.7 Å². The fourth-order valence-electron chi connectivity index (χ4n) is 3.86. The molecule has 6 heteroatoms. The third kappa shape index (κ3) is 3.25. The average Bonchev–Trinajstić information content (AvgIpc) is 2.83. The van der Waals surface area contributed by atoms with E-state index >= 15 is 0 Å². The predicted octanol–water partition coefficient (Wildman–Crippen LogP) is 2.43. The van der Waals surface area contributed by atoms with Crippen molar-refractivity contribution < 1.29 is 19.1 Å². The van der Waals surface area contributed by atoms with Gasteiger partial charge in [0, 0.05) is 12.6 Å². The van der Waals surface area contributed by atoms with E-state index in [1.54, 1.807) is 31.4 Å². The number of carbonyl (C=O) groups is 3. The summed E-state index contributed by atoms with van der Waals surface area (Å²) in [5, 5.41) is 0. The van der Waals surface area contributed by atoms with Crippen LogP contribution in [0.5, 0.6) is 5.75 Å². The predicted molar refractivity (Wildman–Crippen MR) is 92.9 cm³/mol. The third-order valence-corrected chi connectivity index (χ3v) is 5.33. The van der Waals surface area contributed by atoms with E-state index in [0.717, 1.165) is 19.3 Å². The van der Waals surface area contributed by atoms with Gasteiger partial charge in [0.25, 0.3) is 0 Å². The number of rotatable bonds is 4. The van der Waals surface area contributed by atoms with Gasteiger partial charge in [-0.1, -0.05) is 6.92 Å². The molecule has 134 valence electrons. The number of hydrogen-bond donors (Lipinski definition) is 0. The maximum Gasteiger partial charge on any atom is 0.234 e. The van der Waals surface area contributed by atoms with Crippen LogP contribution in [0.1, 0.15) is 33.1 Å². The van der Waals surface area contributed by atoms with Crippen LogP contribution < -0.4 is 9.64 Å². The summed E-state index contributed by atoms with van der Waals surface area (Å²) in [7, 11) is 1.57. The van der Waals surface area contributed by atoms with Crippen LogP contribution in [-0.4, -0.2) is 36.4 Å². The molecule has 1 saturated carbocycles. The Balaban J connectivity index is 1.81. The van der Waals surface area contributed by atoms with Crippen LogP contribution >= 0.6 is 0 Å². The maximum absolute atomic E-state index is 12.7. The minimum absolute atomic E-state index is 0.0271. The fraction of sp³-hybridized carbons (Fsp3) is 0.526. The van der Waals surface area contributed by atoms with Gasteiger partial charge in [-0.25, -0.2) is 0 Å². The van der Waals surface area contributed by atoms with Crippen LogP contribution in [0.15, 0.2) is 24.3 Å². The monoisotopic (exact) mass is 344 g/mol. The van der Waals surface area contributed by atoms with Gasteiger partial charge < -0.3 is 4.74 Å². The number of methoxy groups -OCH3 is 1. The molecule has 1 aromatic rings. The number of likely N-dealkylation sites (tertiary alicyclic amines) is 1. The first kappa shape index (κ1) is 17.5. The average molecular weight is 344 g/mol. The van der Waals surface area contributed by atoms with E-state index in [-0.39, 0.29) is 36.2 Å². The largest absolute Gasteiger partial charge is 0.497 e. The molecule has 0 unspecified atom stereocenters. The molecular weight excluding hydrogens is 320 g/mol. The first-order chi connectivity index (χ1) is 11.9. The van der Waals surface area contributed by atoms with Gasteiger partial charge in [0.15, 0.2) is 0 Å². The molecule has 1 saturated heterocycles. The molecule has 1 aliphatic heterocycles. The molecule has 0 aromatic heterocycles. The van der Waals surface area contributed by atoms with Crippen LogP contribution in [0, 0.1) is 17.8 Å². The minimum Gasteiger partial charge on any atom is -0.497 e. The van der Waals surface area contributed by atoms with Gasteiger partial charge in [-0.15, -0.1) is 0 Å². The number of fused-ring (bicyclic) bond motifs is 1. The second-order valence-corrected chi connectivity index (χ2v) is 7.02. The van der Waals surface area contributed by atoms with Crippen LogP contribution in [-0.2, 0) is 14.4 Å². The molecule has 1 aliphatic carbocycles. The Labute approximate surface area is 147 Å². The molecule has 0 N–H and O–H groups in total. The molecule has 3 amide bonds. The second-order valence-electron chi connectivity index (χ2n) is 7.02. The van der Waals surface area contributed by atoms with Crippen molar-refractivity contribution >= 4 is 23.4 Å². The van der Waals surface area contributed by atoms with Crippen LogP contribution in [0.25, 0.3) is 0 Å². The molecule has 2 aliphatic rings. The lowest BCUT2D eigenvalue weighted by molar-refractivity contribution is -0.140. The summed E-state index contributed by atoms with van der Waals surface area (Å²) in [5.41, 5.74) is 0.636. The highest BCUT2D eigenvalue weighted by Gasteiger charge is 2.49. The molecular formula is C19H24N2O4. The summed E-state index contributed by atoms with van der Waals surface area (Å²) in [6.45, 7) is 3.53. The van der Waals surface area contributed by atoms with E-state index in [1.807, 2.05) is 0 Å². The van der Waals surface area contributed by atoms with Crippen LogP contribution in [0.2, 0.25) is 0 Å². The van der Waals surface area contributed by atoms with Crippen LogP contribution in [0.3, 0.4) is 0 Å².